The Morgan fingerprint density at radius 1 is 0.315 bits per heavy atom. The molecule has 3 N–H and O–H groups in total. The molecule has 19 heteroatoms. The van der Waals surface area contributed by atoms with Gasteiger partial charge in [-0.05, 0) is 49.4 Å². The van der Waals surface area contributed by atoms with E-state index in [0.717, 1.165) is 114 Å². The van der Waals surface area contributed by atoms with Gasteiger partial charge in [-0.3, -0.25) is 37.3 Å². The Morgan fingerprint density at radius 3 is 0.798 bits per heavy atom. The van der Waals surface area contributed by atoms with E-state index in [-0.39, 0.29) is 25.7 Å². The molecule has 0 spiro atoms. The zero-order valence-electron chi connectivity index (χ0n) is 58.1. The monoisotopic (exact) mass is 1310 g/mol. The number of rotatable bonds is 67. The lowest BCUT2D eigenvalue weighted by Crippen LogP contribution is -2.30. The van der Waals surface area contributed by atoms with Crippen molar-refractivity contribution < 1.29 is 80.2 Å². The molecule has 0 aliphatic heterocycles. The number of carbonyl (C=O) groups excluding carboxylic acids is 4. The van der Waals surface area contributed by atoms with Crippen LogP contribution in [0.4, 0.5) is 0 Å². The van der Waals surface area contributed by atoms with Crippen molar-refractivity contribution in [3.63, 3.8) is 0 Å². The summed E-state index contributed by atoms with van der Waals surface area (Å²) < 4.78 is 68.3. The first kappa shape index (κ1) is 87.1. The fourth-order valence-corrected chi connectivity index (χ4v) is 12.0. The summed E-state index contributed by atoms with van der Waals surface area (Å²) in [6, 6.07) is 0. The van der Waals surface area contributed by atoms with Gasteiger partial charge in [0.1, 0.15) is 19.3 Å². The smallest absolute Gasteiger partial charge is 0.462 e. The molecule has 7 atom stereocenters. The molecular formula is C70H136O17P2. The summed E-state index contributed by atoms with van der Waals surface area (Å²) in [6.45, 7) is 14.1. The molecule has 0 aliphatic rings. The van der Waals surface area contributed by atoms with E-state index in [1.807, 2.05) is 0 Å². The van der Waals surface area contributed by atoms with Crippen molar-refractivity contribution >= 4 is 39.5 Å². The van der Waals surface area contributed by atoms with Crippen molar-refractivity contribution in [1.82, 2.24) is 0 Å². The van der Waals surface area contributed by atoms with Gasteiger partial charge >= 0.3 is 39.5 Å². The van der Waals surface area contributed by atoms with Crippen LogP contribution in [0.25, 0.3) is 0 Å². The zero-order valence-corrected chi connectivity index (χ0v) is 59.8. The highest BCUT2D eigenvalue weighted by molar-refractivity contribution is 7.47. The summed E-state index contributed by atoms with van der Waals surface area (Å²) in [5.74, 6) is 0.898. The minimum atomic E-state index is -4.95. The van der Waals surface area contributed by atoms with E-state index in [0.29, 0.717) is 31.6 Å². The maximum atomic E-state index is 13.0. The molecular weight excluding hydrogens is 1170 g/mol. The van der Waals surface area contributed by atoms with Gasteiger partial charge in [-0.25, -0.2) is 9.13 Å². The summed E-state index contributed by atoms with van der Waals surface area (Å²) in [6.07, 6.45) is 41.6. The lowest BCUT2D eigenvalue weighted by Gasteiger charge is -2.21. The molecule has 0 aromatic heterocycles. The molecule has 0 aromatic rings. The third kappa shape index (κ3) is 62.0. The summed E-state index contributed by atoms with van der Waals surface area (Å²) in [4.78, 5) is 72.5. The molecule has 0 saturated heterocycles. The number of carbonyl (C=O) groups is 4. The Kier molecular flexibility index (Phi) is 58.5. The standard InChI is InChI=1S/C70H136O17P2/c1-9-62(7)48-40-32-23-17-11-13-19-26-36-44-52-69(74)86-65(56-80-67(72)50-42-34-25-21-15-16-22-30-38-46-60(3)4)58-84-88(76,77)82-54-64(71)55-83-89(78,79)85-59-66(57-81-68(73)51-43-35-29-28-31-39-47-61(5)6)87-70(75)53-45-37-27-20-14-12-18-24-33-41-49-63(8)10-2/h60-66,71H,9-59H2,1-8H3,(H,76,77)(H,78,79)/t62?,63?,64-,65-,66-/m1/s1. The fraction of sp³-hybridized carbons (Fsp3) is 0.943. The molecule has 0 radical (unpaired) electrons. The van der Waals surface area contributed by atoms with Crippen LogP contribution < -0.4 is 0 Å². The Hall–Kier alpha value is -1.94. The largest absolute Gasteiger partial charge is 0.472 e. The topological polar surface area (TPSA) is 237 Å². The van der Waals surface area contributed by atoms with Crippen molar-refractivity contribution in [1.29, 1.82) is 0 Å². The number of esters is 4. The van der Waals surface area contributed by atoms with Crippen LogP contribution in [0.15, 0.2) is 0 Å². The Morgan fingerprint density at radius 2 is 0.539 bits per heavy atom. The Labute approximate surface area is 543 Å². The number of unbranched alkanes of at least 4 members (excludes halogenated alkanes) is 31. The van der Waals surface area contributed by atoms with Crippen LogP contribution in [0.1, 0.15) is 344 Å². The molecule has 0 fully saturated rings. The predicted molar refractivity (Wildman–Crippen MR) is 358 cm³/mol. The van der Waals surface area contributed by atoms with Gasteiger partial charge in [0.05, 0.1) is 26.4 Å². The van der Waals surface area contributed by atoms with E-state index in [2.05, 4.69) is 55.4 Å². The molecule has 0 aliphatic carbocycles. The van der Waals surface area contributed by atoms with Gasteiger partial charge in [-0.1, -0.05) is 293 Å². The zero-order chi connectivity index (χ0) is 66.1. The minimum Gasteiger partial charge on any atom is -0.462 e. The van der Waals surface area contributed by atoms with Crippen LogP contribution in [0, 0.1) is 23.7 Å². The first-order valence-electron chi connectivity index (χ1n) is 36.3. The maximum Gasteiger partial charge on any atom is 0.472 e. The number of hydrogen-bond acceptors (Lipinski definition) is 15. The van der Waals surface area contributed by atoms with Gasteiger partial charge in [0.15, 0.2) is 12.2 Å². The molecule has 4 unspecified atom stereocenters. The number of phosphoric acid groups is 2. The number of ether oxygens (including phenoxy) is 4. The number of hydrogen-bond donors (Lipinski definition) is 3. The quantitative estimate of drug-likeness (QED) is 0.0222. The molecule has 0 aromatic carbocycles. The second-order valence-corrected chi connectivity index (χ2v) is 29.6. The summed E-state index contributed by atoms with van der Waals surface area (Å²) in [5, 5.41) is 10.6. The van der Waals surface area contributed by atoms with Crippen molar-refractivity contribution in [2.24, 2.45) is 23.7 Å². The van der Waals surface area contributed by atoms with Crippen LogP contribution in [0.2, 0.25) is 0 Å². The van der Waals surface area contributed by atoms with Gasteiger partial charge < -0.3 is 33.8 Å². The first-order valence-corrected chi connectivity index (χ1v) is 39.3. The van der Waals surface area contributed by atoms with Crippen LogP contribution in [0.5, 0.6) is 0 Å². The molecule has 0 rings (SSSR count). The van der Waals surface area contributed by atoms with Gasteiger partial charge in [-0.15, -0.1) is 0 Å². The van der Waals surface area contributed by atoms with Crippen LogP contribution in [-0.4, -0.2) is 96.7 Å². The summed E-state index contributed by atoms with van der Waals surface area (Å²) in [7, 11) is -9.90. The lowest BCUT2D eigenvalue weighted by atomic mass is 9.99. The first-order chi connectivity index (χ1) is 42.7. The SMILES string of the molecule is CCC(C)CCCCCCCCCCCCC(=O)O[C@H](COC(=O)CCCCCCCCCCCC(C)C)COP(=O)(O)OC[C@@H](O)COP(=O)(O)OC[C@@H](COC(=O)CCCCCCCCC(C)C)OC(=O)CCCCCCCCCCCCC(C)CC. The third-order valence-electron chi connectivity index (χ3n) is 16.8. The van der Waals surface area contributed by atoms with Crippen molar-refractivity contribution in [3.05, 3.63) is 0 Å². The number of aliphatic hydroxyl groups excluding tert-OH is 1. The molecule has 0 amide bonds. The predicted octanol–water partition coefficient (Wildman–Crippen LogP) is 19.7. The van der Waals surface area contributed by atoms with Gasteiger partial charge in [0.2, 0.25) is 0 Å². The van der Waals surface area contributed by atoms with Crippen molar-refractivity contribution in [2.45, 2.75) is 363 Å². The number of aliphatic hydroxyl groups is 1. The Bertz CT molecular complexity index is 1770. The van der Waals surface area contributed by atoms with Crippen LogP contribution in [0.3, 0.4) is 0 Å². The maximum absolute atomic E-state index is 13.0. The van der Waals surface area contributed by atoms with E-state index in [1.165, 1.54) is 141 Å². The summed E-state index contributed by atoms with van der Waals surface area (Å²) >= 11 is 0. The highest BCUT2D eigenvalue weighted by atomic mass is 31.2. The Balaban J connectivity index is 5.26. The van der Waals surface area contributed by atoms with Crippen molar-refractivity contribution in [2.75, 3.05) is 39.6 Å². The molecule has 0 saturated carbocycles. The molecule has 0 heterocycles. The third-order valence-corrected chi connectivity index (χ3v) is 18.7. The number of phosphoric ester groups is 2. The molecule has 89 heavy (non-hydrogen) atoms. The van der Waals surface area contributed by atoms with Gasteiger partial charge in [0.25, 0.3) is 0 Å². The van der Waals surface area contributed by atoms with Crippen molar-refractivity contribution in [3.8, 4) is 0 Å². The van der Waals surface area contributed by atoms with E-state index in [4.69, 9.17) is 37.0 Å². The second-order valence-electron chi connectivity index (χ2n) is 26.7. The van der Waals surface area contributed by atoms with Crippen LogP contribution in [-0.2, 0) is 65.4 Å². The average molecular weight is 1310 g/mol. The lowest BCUT2D eigenvalue weighted by molar-refractivity contribution is -0.161. The minimum absolute atomic E-state index is 0.105. The molecule has 0 bridgehead atoms. The molecule has 528 valence electrons. The van der Waals surface area contributed by atoms with E-state index >= 15 is 0 Å². The van der Waals surface area contributed by atoms with E-state index in [1.54, 1.807) is 0 Å². The summed E-state index contributed by atoms with van der Waals surface area (Å²) in [5.41, 5.74) is 0. The van der Waals surface area contributed by atoms with E-state index in [9.17, 15) is 43.2 Å². The normalized spacial score (nSPS) is 14.9. The highest BCUT2D eigenvalue weighted by Gasteiger charge is 2.30. The van der Waals surface area contributed by atoms with Crippen LogP contribution >= 0.6 is 15.6 Å². The molecule has 17 nitrogen and oxygen atoms in total. The van der Waals surface area contributed by atoms with Gasteiger partial charge in [0, 0.05) is 25.7 Å². The van der Waals surface area contributed by atoms with E-state index < -0.39 is 97.5 Å². The second kappa shape index (κ2) is 59.8. The fourth-order valence-electron chi connectivity index (χ4n) is 10.4. The highest BCUT2D eigenvalue weighted by Crippen LogP contribution is 2.45. The average Bonchev–Trinajstić information content (AvgIpc) is 3.64. The van der Waals surface area contributed by atoms with Gasteiger partial charge in [-0.2, -0.15) is 0 Å².